The van der Waals surface area contributed by atoms with Gasteiger partial charge in [0.15, 0.2) is 5.82 Å². The second-order valence-electron chi connectivity index (χ2n) is 3.61. The van der Waals surface area contributed by atoms with Crippen molar-refractivity contribution in [3.05, 3.63) is 46.1 Å². The minimum absolute atomic E-state index is 0.0977. The molecule has 2 aromatic heterocycles. The van der Waals surface area contributed by atoms with Gasteiger partial charge in [0.05, 0.1) is 0 Å². The molecule has 0 fully saturated rings. The zero-order valence-corrected chi connectivity index (χ0v) is 9.51. The second kappa shape index (κ2) is 4.18. The molecule has 5 nitrogen and oxygen atoms in total. The molecule has 2 rings (SSSR count). The van der Waals surface area contributed by atoms with Crippen molar-refractivity contribution >= 4 is 0 Å². The maximum Gasteiger partial charge on any atom is 0.268 e. The van der Waals surface area contributed by atoms with Crippen molar-refractivity contribution in [1.29, 1.82) is 5.26 Å². The van der Waals surface area contributed by atoms with Crippen molar-refractivity contribution in [2.75, 3.05) is 0 Å². The van der Waals surface area contributed by atoms with Gasteiger partial charge in [0, 0.05) is 30.7 Å². The molecule has 0 radical (unpaired) electrons. The van der Waals surface area contributed by atoms with E-state index in [9.17, 15) is 4.79 Å². The predicted molar refractivity (Wildman–Crippen MR) is 62.2 cm³/mol. The first-order chi connectivity index (χ1) is 8.15. The molecule has 2 heterocycles. The number of hydrogen-bond acceptors (Lipinski definition) is 4. The van der Waals surface area contributed by atoms with E-state index in [1.807, 2.05) is 6.07 Å². The number of aromatic nitrogens is 3. The van der Waals surface area contributed by atoms with Gasteiger partial charge in [0.25, 0.3) is 5.56 Å². The molecule has 0 spiro atoms. The molecule has 0 amide bonds. The largest absolute Gasteiger partial charge is 0.314 e. The lowest BCUT2D eigenvalue weighted by Crippen LogP contribution is -2.22. The molecule has 0 unspecified atom stereocenters. The Balaban J connectivity index is 2.77. The SMILES string of the molecule is Cc1c(-c2ncccn2)cc(C#N)c(=O)n1C. The van der Waals surface area contributed by atoms with E-state index in [2.05, 4.69) is 9.97 Å². The van der Waals surface area contributed by atoms with Crippen LogP contribution in [0.3, 0.4) is 0 Å². The van der Waals surface area contributed by atoms with Gasteiger partial charge in [-0.15, -0.1) is 0 Å². The summed E-state index contributed by atoms with van der Waals surface area (Å²) in [4.78, 5) is 19.9. The molecule has 84 valence electrons. The van der Waals surface area contributed by atoms with Gasteiger partial charge in [-0.25, -0.2) is 9.97 Å². The van der Waals surface area contributed by atoms with Crippen LogP contribution in [0.15, 0.2) is 29.3 Å². The Hall–Kier alpha value is -2.48. The Morgan fingerprint density at radius 2 is 2.00 bits per heavy atom. The van der Waals surface area contributed by atoms with E-state index < -0.39 is 0 Å². The van der Waals surface area contributed by atoms with Gasteiger partial charge in [0.1, 0.15) is 11.6 Å². The average molecular weight is 226 g/mol. The highest BCUT2D eigenvalue weighted by Gasteiger charge is 2.12. The van der Waals surface area contributed by atoms with Gasteiger partial charge >= 0.3 is 0 Å². The first-order valence-electron chi connectivity index (χ1n) is 5.03. The Morgan fingerprint density at radius 3 is 2.59 bits per heavy atom. The van der Waals surface area contributed by atoms with Crippen LogP contribution in [0.25, 0.3) is 11.4 Å². The third-order valence-corrected chi connectivity index (χ3v) is 2.64. The van der Waals surface area contributed by atoms with Crippen molar-refractivity contribution in [3.63, 3.8) is 0 Å². The quantitative estimate of drug-likeness (QED) is 0.727. The van der Waals surface area contributed by atoms with E-state index in [0.29, 0.717) is 11.4 Å². The Kier molecular flexibility index (Phi) is 2.71. The van der Waals surface area contributed by atoms with Crippen LogP contribution >= 0.6 is 0 Å². The summed E-state index contributed by atoms with van der Waals surface area (Å²) in [5, 5.41) is 8.90. The monoisotopic (exact) mass is 226 g/mol. The molecule has 0 atom stereocenters. The fraction of sp³-hybridized carbons (Fsp3) is 0.167. The smallest absolute Gasteiger partial charge is 0.268 e. The highest BCUT2D eigenvalue weighted by molar-refractivity contribution is 5.60. The van der Waals surface area contributed by atoms with E-state index in [1.165, 1.54) is 10.6 Å². The third-order valence-electron chi connectivity index (χ3n) is 2.64. The Labute approximate surface area is 98.0 Å². The summed E-state index contributed by atoms with van der Waals surface area (Å²) < 4.78 is 1.43. The maximum atomic E-state index is 11.7. The standard InChI is InChI=1S/C12H10N4O/c1-8-10(11-14-4-3-5-15-11)6-9(7-13)12(17)16(8)2/h3-6H,1-2H3. The van der Waals surface area contributed by atoms with Crippen molar-refractivity contribution in [3.8, 4) is 17.5 Å². The lowest BCUT2D eigenvalue weighted by molar-refractivity contribution is 0.815. The van der Waals surface area contributed by atoms with E-state index in [4.69, 9.17) is 5.26 Å². The lowest BCUT2D eigenvalue weighted by atomic mass is 10.1. The van der Waals surface area contributed by atoms with Crippen molar-refractivity contribution < 1.29 is 0 Å². The first kappa shape index (κ1) is 11.0. The zero-order chi connectivity index (χ0) is 12.4. The summed E-state index contributed by atoms with van der Waals surface area (Å²) in [5.41, 5.74) is 1.23. The summed E-state index contributed by atoms with van der Waals surface area (Å²) >= 11 is 0. The summed E-state index contributed by atoms with van der Waals surface area (Å²) in [6, 6.07) is 5.13. The van der Waals surface area contributed by atoms with Crippen molar-refractivity contribution in [1.82, 2.24) is 14.5 Å². The molecule has 0 aliphatic heterocycles. The number of rotatable bonds is 1. The molecule has 0 N–H and O–H groups in total. The fourth-order valence-corrected chi connectivity index (χ4v) is 1.57. The highest BCUT2D eigenvalue weighted by atomic mass is 16.1. The molecular weight excluding hydrogens is 216 g/mol. The van der Waals surface area contributed by atoms with E-state index in [1.54, 1.807) is 32.4 Å². The van der Waals surface area contributed by atoms with Gasteiger partial charge in [-0.3, -0.25) is 4.79 Å². The van der Waals surface area contributed by atoms with E-state index in [-0.39, 0.29) is 11.1 Å². The number of nitriles is 1. The van der Waals surface area contributed by atoms with Gasteiger partial charge in [-0.2, -0.15) is 5.26 Å². The minimum atomic E-state index is -0.301. The average Bonchev–Trinajstić information content (AvgIpc) is 2.37. The highest BCUT2D eigenvalue weighted by Crippen LogP contribution is 2.17. The number of pyridine rings is 1. The van der Waals surface area contributed by atoms with Crippen LogP contribution in [0.5, 0.6) is 0 Å². The molecule has 0 bridgehead atoms. The molecule has 0 aromatic carbocycles. The van der Waals surface area contributed by atoms with Crippen molar-refractivity contribution in [2.45, 2.75) is 6.92 Å². The van der Waals surface area contributed by atoms with Crippen molar-refractivity contribution in [2.24, 2.45) is 7.05 Å². The summed E-state index contributed by atoms with van der Waals surface area (Å²) in [7, 11) is 1.63. The van der Waals surface area contributed by atoms with Gasteiger partial charge < -0.3 is 4.57 Å². The minimum Gasteiger partial charge on any atom is -0.314 e. The lowest BCUT2D eigenvalue weighted by Gasteiger charge is -2.09. The molecule has 0 aliphatic rings. The van der Waals surface area contributed by atoms with Crippen LogP contribution in [-0.4, -0.2) is 14.5 Å². The van der Waals surface area contributed by atoms with E-state index >= 15 is 0 Å². The summed E-state index contributed by atoms with van der Waals surface area (Å²) in [6.07, 6.45) is 3.25. The third kappa shape index (κ3) is 1.81. The van der Waals surface area contributed by atoms with Crippen LogP contribution in [0.4, 0.5) is 0 Å². The van der Waals surface area contributed by atoms with Gasteiger partial charge in [-0.05, 0) is 19.1 Å². The molecule has 0 aliphatic carbocycles. The van der Waals surface area contributed by atoms with Gasteiger partial charge in [-0.1, -0.05) is 0 Å². The summed E-state index contributed by atoms with van der Waals surface area (Å²) in [6.45, 7) is 1.80. The maximum absolute atomic E-state index is 11.7. The first-order valence-corrected chi connectivity index (χ1v) is 5.03. The molecule has 0 saturated heterocycles. The normalized spacial score (nSPS) is 9.94. The topological polar surface area (TPSA) is 71.6 Å². The molecule has 2 aromatic rings. The summed E-state index contributed by atoms with van der Waals surface area (Å²) in [5.74, 6) is 0.511. The molecule has 17 heavy (non-hydrogen) atoms. The predicted octanol–water partition coefficient (Wildman–Crippen LogP) is 1.02. The van der Waals surface area contributed by atoms with Crippen LogP contribution in [0.2, 0.25) is 0 Å². The fourth-order valence-electron chi connectivity index (χ4n) is 1.57. The Morgan fingerprint density at radius 1 is 1.35 bits per heavy atom. The van der Waals surface area contributed by atoms with Crippen LogP contribution in [0.1, 0.15) is 11.3 Å². The Bertz CT molecular complexity index is 653. The van der Waals surface area contributed by atoms with Gasteiger partial charge in [0.2, 0.25) is 0 Å². The molecule has 0 saturated carbocycles. The second-order valence-corrected chi connectivity index (χ2v) is 3.61. The van der Waals surface area contributed by atoms with Crippen LogP contribution in [0, 0.1) is 18.3 Å². The van der Waals surface area contributed by atoms with E-state index in [0.717, 1.165) is 5.69 Å². The molecular formula is C12H10N4O. The molecule has 5 heteroatoms. The number of hydrogen-bond donors (Lipinski definition) is 0. The zero-order valence-electron chi connectivity index (χ0n) is 9.51. The number of nitrogens with zero attached hydrogens (tertiary/aromatic N) is 4. The van der Waals surface area contributed by atoms with Crippen LogP contribution in [-0.2, 0) is 7.05 Å². The van der Waals surface area contributed by atoms with Crippen LogP contribution < -0.4 is 5.56 Å².